The SMILES string of the molecule is CC1(C)CC2CCC1(C)C2(C)C. The number of rotatable bonds is 0. The van der Waals surface area contributed by atoms with Gasteiger partial charge in [-0.05, 0) is 41.4 Å². The first-order valence-electron chi connectivity index (χ1n) is 5.31. The van der Waals surface area contributed by atoms with Crippen molar-refractivity contribution in [3.63, 3.8) is 0 Å². The van der Waals surface area contributed by atoms with Crippen LogP contribution in [-0.4, -0.2) is 0 Å². The van der Waals surface area contributed by atoms with E-state index in [2.05, 4.69) is 34.6 Å². The highest BCUT2D eigenvalue weighted by Gasteiger charge is 2.64. The van der Waals surface area contributed by atoms with Gasteiger partial charge < -0.3 is 0 Å². The third-order valence-corrected chi connectivity index (χ3v) is 5.69. The fraction of sp³-hybridized carbons (Fsp3) is 1.00. The molecule has 2 aliphatic rings. The summed E-state index contributed by atoms with van der Waals surface area (Å²) in [5, 5.41) is 0. The minimum atomic E-state index is 0.583. The second-order valence-corrected chi connectivity index (χ2v) is 6.38. The van der Waals surface area contributed by atoms with E-state index >= 15 is 0 Å². The summed E-state index contributed by atoms with van der Waals surface area (Å²) >= 11 is 0. The fourth-order valence-electron chi connectivity index (χ4n) is 4.01. The summed E-state index contributed by atoms with van der Waals surface area (Å²) in [4.78, 5) is 0. The van der Waals surface area contributed by atoms with Crippen LogP contribution < -0.4 is 0 Å². The van der Waals surface area contributed by atoms with Gasteiger partial charge in [0, 0.05) is 0 Å². The molecule has 12 heavy (non-hydrogen) atoms. The molecule has 0 heterocycles. The Labute approximate surface area is 76.7 Å². The Kier molecular flexibility index (Phi) is 1.37. The first-order valence-corrected chi connectivity index (χ1v) is 5.31. The van der Waals surface area contributed by atoms with Gasteiger partial charge in [-0.1, -0.05) is 34.6 Å². The van der Waals surface area contributed by atoms with Crippen LogP contribution in [0.25, 0.3) is 0 Å². The van der Waals surface area contributed by atoms with Crippen LogP contribution in [0.1, 0.15) is 53.9 Å². The maximum Gasteiger partial charge on any atom is -0.0220 e. The van der Waals surface area contributed by atoms with E-state index in [-0.39, 0.29) is 0 Å². The summed E-state index contributed by atoms with van der Waals surface area (Å²) in [7, 11) is 0. The zero-order chi connectivity index (χ0) is 9.20. The Bertz CT molecular complexity index is 212. The van der Waals surface area contributed by atoms with Gasteiger partial charge in [-0.3, -0.25) is 0 Å². The molecule has 0 heteroatoms. The summed E-state index contributed by atoms with van der Waals surface area (Å²) in [6.45, 7) is 12.4. The molecule has 0 nitrogen and oxygen atoms in total. The topological polar surface area (TPSA) is 0 Å². The first kappa shape index (κ1) is 8.59. The summed E-state index contributed by atoms with van der Waals surface area (Å²) in [6.07, 6.45) is 4.39. The molecule has 0 aliphatic heterocycles. The molecule has 0 aromatic rings. The number of hydrogen-bond donors (Lipinski definition) is 0. The lowest BCUT2D eigenvalue weighted by Gasteiger charge is -2.44. The van der Waals surface area contributed by atoms with Crippen molar-refractivity contribution in [1.82, 2.24) is 0 Å². The Hall–Kier alpha value is 0. The van der Waals surface area contributed by atoms with Crippen molar-refractivity contribution in [2.75, 3.05) is 0 Å². The van der Waals surface area contributed by atoms with Crippen LogP contribution in [-0.2, 0) is 0 Å². The first-order chi connectivity index (χ1) is 5.31. The van der Waals surface area contributed by atoms with Crippen molar-refractivity contribution in [2.45, 2.75) is 53.9 Å². The van der Waals surface area contributed by atoms with Crippen molar-refractivity contribution >= 4 is 0 Å². The quantitative estimate of drug-likeness (QED) is 0.512. The van der Waals surface area contributed by atoms with Gasteiger partial charge in [-0.2, -0.15) is 0 Å². The third-order valence-electron chi connectivity index (χ3n) is 5.69. The molecule has 0 radical (unpaired) electrons. The van der Waals surface area contributed by atoms with Crippen molar-refractivity contribution < 1.29 is 0 Å². The van der Waals surface area contributed by atoms with Crippen molar-refractivity contribution in [2.24, 2.45) is 22.2 Å². The Morgan fingerprint density at radius 2 is 1.58 bits per heavy atom. The second kappa shape index (κ2) is 1.91. The lowest BCUT2D eigenvalue weighted by atomic mass is 9.60. The molecule has 2 bridgehead atoms. The minimum Gasteiger partial charge on any atom is -0.0594 e. The lowest BCUT2D eigenvalue weighted by Crippen LogP contribution is -2.37. The normalized spacial score (nSPS) is 48.2. The van der Waals surface area contributed by atoms with E-state index in [4.69, 9.17) is 0 Å². The largest absolute Gasteiger partial charge is 0.0594 e. The molecule has 2 aliphatic carbocycles. The lowest BCUT2D eigenvalue weighted by molar-refractivity contribution is 0.0435. The van der Waals surface area contributed by atoms with Gasteiger partial charge in [0.25, 0.3) is 0 Å². The summed E-state index contributed by atoms with van der Waals surface area (Å²) in [6, 6.07) is 0. The molecular weight excluding hydrogens is 144 g/mol. The molecule has 2 atom stereocenters. The van der Waals surface area contributed by atoms with E-state index in [1.807, 2.05) is 0 Å². The number of fused-ring (bicyclic) bond motifs is 2. The Morgan fingerprint density at radius 1 is 1.00 bits per heavy atom. The van der Waals surface area contributed by atoms with Gasteiger partial charge in [0.15, 0.2) is 0 Å². The molecule has 70 valence electrons. The molecule has 0 spiro atoms. The van der Waals surface area contributed by atoms with Gasteiger partial charge in [-0.25, -0.2) is 0 Å². The van der Waals surface area contributed by atoms with E-state index in [0.29, 0.717) is 16.2 Å². The molecule has 0 amide bonds. The van der Waals surface area contributed by atoms with Crippen molar-refractivity contribution in [3.8, 4) is 0 Å². The minimum absolute atomic E-state index is 0.583. The predicted molar refractivity (Wildman–Crippen MR) is 53.0 cm³/mol. The smallest absolute Gasteiger partial charge is 0.0220 e. The van der Waals surface area contributed by atoms with E-state index in [1.165, 1.54) is 19.3 Å². The van der Waals surface area contributed by atoms with Crippen LogP contribution in [0.2, 0.25) is 0 Å². The van der Waals surface area contributed by atoms with Gasteiger partial charge >= 0.3 is 0 Å². The van der Waals surface area contributed by atoms with Crippen LogP contribution in [0.4, 0.5) is 0 Å². The summed E-state index contributed by atoms with van der Waals surface area (Å²) in [5.74, 6) is 0.998. The highest BCUT2D eigenvalue weighted by atomic mass is 14.7. The zero-order valence-electron chi connectivity index (χ0n) is 9.20. The van der Waals surface area contributed by atoms with Crippen molar-refractivity contribution in [1.29, 1.82) is 0 Å². The molecule has 0 aromatic heterocycles. The Morgan fingerprint density at radius 3 is 1.75 bits per heavy atom. The van der Waals surface area contributed by atoms with E-state index < -0.39 is 0 Å². The average molecular weight is 166 g/mol. The molecule has 2 saturated carbocycles. The second-order valence-electron chi connectivity index (χ2n) is 6.38. The standard InChI is InChI=1S/C12H22/c1-10(2)8-9-6-7-12(10,5)11(9,3)4/h9H,6-8H2,1-5H3. The molecular formula is C12H22. The van der Waals surface area contributed by atoms with E-state index in [9.17, 15) is 0 Å². The predicted octanol–water partition coefficient (Wildman–Crippen LogP) is 3.86. The highest BCUT2D eigenvalue weighted by Crippen LogP contribution is 2.72. The van der Waals surface area contributed by atoms with Gasteiger partial charge in [0.1, 0.15) is 0 Å². The average Bonchev–Trinajstić information content (AvgIpc) is 2.18. The maximum atomic E-state index is 2.51. The summed E-state index contributed by atoms with van der Waals surface area (Å²) in [5.41, 5.74) is 1.78. The van der Waals surface area contributed by atoms with Crippen LogP contribution in [0.15, 0.2) is 0 Å². The molecule has 2 unspecified atom stereocenters. The van der Waals surface area contributed by atoms with Gasteiger partial charge in [-0.15, -0.1) is 0 Å². The Balaban J connectivity index is 2.47. The molecule has 2 fully saturated rings. The molecule has 0 saturated heterocycles. The fourth-order valence-corrected chi connectivity index (χ4v) is 4.01. The number of hydrogen-bond acceptors (Lipinski definition) is 0. The van der Waals surface area contributed by atoms with E-state index in [0.717, 1.165) is 5.92 Å². The third kappa shape index (κ3) is 0.661. The van der Waals surface area contributed by atoms with Crippen LogP contribution in [0, 0.1) is 22.2 Å². The zero-order valence-corrected chi connectivity index (χ0v) is 9.20. The monoisotopic (exact) mass is 166 g/mol. The van der Waals surface area contributed by atoms with Gasteiger partial charge in [0.05, 0.1) is 0 Å². The molecule has 0 aromatic carbocycles. The van der Waals surface area contributed by atoms with Gasteiger partial charge in [0.2, 0.25) is 0 Å². The highest BCUT2D eigenvalue weighted by molar-refractivity contribution is 5.13. The molecule has 0 N–H and O–H groups in total. The van der Waals surface area contributed by atoms with Crippen LogP contribution >= 0.6 is 0 Å². The van der Waals surface area contributed by atoms with Crippen molar-refractivity contribution in [3.05, 3.63) is 0 Å². The summed E-state index contributed by atoms with van der Waals surface area (Å²) < 4.78 is 0. The molecule has 2 rings (SSSR count). The maximum absolute atomic E-state index is 2.51. The van der Waals surface area contributed by atoms with Crippen LogP contribution in [0.5, 0.6) is 0 Å². The van der Waals surface area contributed by atoms with E-state index in [1.54, 1.807) is 0 Å². The van der Waals surface area contributed by atoms with Crippen LogP contribution in [0.3, 0.4) is 0 Å².